The number of carbonyl (C=O) groups excluding carboxylic acids is 1. The molecule has 1 aliphatic carbocycles. The van der Waals surface area contributed by atoms with E-state index < -0.39 is 0 Å². The number of nitrogens with one attached hydrogen (secondary N) is 1. The van der Waals surface area contributed by atoms with Crippen LogP contribution in [-0.4, -0.2) is 24.0 Å². The fraction of sp³-hybridized carbons (Fsp3) is 0.467. The molecule has 1 aliphatic rings. The molecule has 0 aromatic heterocycles. The number of thiocarbonyl (C=S) groups is 1. The SMILES string of the molecule is COc1ccc(CC(=O)NC2CCCC2C(N)=S)cc1. The number of ether oxygens (including phenoxy) is 1. The number of benzene rings is 1. The maximum absolute atomic E-state index is 12.1. The summed E-state index contributed by atoms with van der Waals surface area (Å²) in [7, 11) is 1.62. The average molecular weight is 292 g/mol. The summed E-state index contributed by atoms with van der Waals surface area (Å²) >= 11 is 5.06. The lowest BCUT2D eigenvalue weighted by Crippen LogP contribution is -2.42. The van der Waals surface area contributed by atoms with Gasteiger partial charge in [-0.2, -0.15) is 0 Å². The summed E-state index contributed by atoms with van der Waals surface area (Å²) in [6.07, 6.45) is 3.36. The van der Waals surface area contributed by atoms with Gasteiger partial charge in [-0.3, -0.25) is 4.79 Å². The van der Waals surface area contributed by atoms with Gasteiger partial charge in [-0.25, -0.2) is 0 Å². The predicted octanol–water partition coefficient (Wildman–Crippen LogP) is 1.81. The maximum atomic E-state index is 12.1. The van der Waals surface area contributed by atoms with Gasteiger partial charge >= 0.3 is 0 Å². The van der Waals surface area contributed by atoms with Crippen molar-refractivity contribution in [1.29, 1.82) is 0 Å². The van der Waals surface area contributed by atoms with Gasteiger partial charge in [0.25, 0.3) is 0 Å². The van der Waals surface area contributed by atoms with Crippen molar-refractivity contribution >= 4 is 23.1 Å². The third kappa shape index (κ3) is 3.70. The van der Waals surface area contributed by atoms with Gasteiger partial charge in [-0.05, 0) is 30.5 Å². The summed E-state index contributed by atoms with van der Waals surface area (Å²) in [6, 6.07) is 7.61. The zero-order valence-corrected chi connectivity index (χ0v) is 12.4. The molecule has 1 amide bonds. The van der Waals surface area contributed by atoms with Gasteiger partial charge in [0.1, 0.15) is 5.75 Å². The Bertz CT molecular complexity index is 487. The second kappa shape index (κ2) is 6.70. The Morgan fingerprint density at radius 3 is 2.70 bits per heavy atom. The summed E-state index contributed by atoms with van der Waals surface area (Å²) < 4.78 is 5.09. The summed E-state index contributed by atoms with van der Waals surface area (Å²) in [5, 5.41) is 3.05. The van der Waals surface area contributed by atoms with Crippen molar-refractivity contribution in [3.05, 3.63) is 29.8 Å². The molecule has 0 radical (unpaired) electrons. The third-order valence-electron chi connectivity index (χ3n) is 3.75. The van der Waals surface area contributed by atoms with E-state index in [4.69, 9.17) is 22.7 Å². The second-order valence-corrected chi connectivity index (χ2v) is 5.61. The molecule has 108 valence electrons. The lowest BCUT2D eigenvalue weighted by molar-refractivity contribution is -0.121. The van der Waals surface area contributed by atoms with Crippen molar-refractivity contribution in [2.24, 2.45) is 11.7 Å². The molecule has 2 unspecified atom stereocenters. The molecule has 0 aliphatic heterocycles. The van der Waals surface area contributed by atoms with E-state index in [9.17, 15) is 4.79 Å². The molecule has 0 saturated heterocycles. The Morgan fingerprint density at radius 1 is 1.40 bits per heavy atom. The van der Waals surface area contributed by atoms with Crippen LogP contribution in [0, 0.1) is 5.92 Å². The van der Waals surface area contributed by atoms with E-state index in [0.717, 1.165) is 30.6 Å². The van der Waals surface area contributed by atoms with E-state index in [2.05, 4.69) is 5.32 Å². The van der Waals surface area contributed by atoms with Gasteiger partial charge in [0.15, 0.2) is 0 Å². The quantitative estimate of drug-likeness (QED) is 0.812. The maximum Gasteiger partial charge on any atom is 0.224 e. The number of carbonyl (C=O) groups is 1. The van der Waals surface area contributed by atoms with E-state index in [1.54, 1.807) is 7.11 Å². The van der Waals surface area contributed by atoms with Gasteiger partial charge in [0, 0.05) is 12.0 Å². The smallest absolute Gasteiger partial charge is 0.224 e. The minimum Gasteiger partial charge on any atom is -0.497 e. The van der Waals surface area contributed by atoms with Crippen molar-refractivity contribution in [3.63, 3.8) is 0 Å². The standard InChI is InChI=1S/C15H20N2O2S/c1-19-11-7-5-10(6-8-11)9-14(18)17-13-4-2-3-12(13)15(16)20/h5-8,12-13H,2-4,9H2,1H3,(H2,16,20)(H,17,18). The van der Waals surface area contributed by atoms with Crippen molar-refractivity contribution < 1.29 is 9.53 Å². The van der Waals surface area contributed by atoms with Crippen LogP contribution in [0.2, 0.25) is 0 Å². The molecule has 2 rings (SSSR count). The molecule has 1 saturated carbocycles. The minimum atomic E-state index is 0.0170. The summed E-state index contributed by atoms with van der Waals surface area (Å²) in [4.78, 5) is 12.6. The Kier molecular flexibility index (Phi) is 4.95. The zero-order valence-electron chi connectivity index (χ0n) is 11.6. The van der Waals surface area contributed by atoms with Crippen LogP contribution >= 0.6 is 12.2 Å². The molecule has 0 heterocycles. The van der Waals surface area contributed by atoms with Gasteiger partial charge in [0.05, 0.1) is 18.5 Å². The van der Waals surface area contributed by atoms with Gasteiger partial charge in [0.2, 0.25) is 5.91 Å². The van der Waals surface area contributed by atoms with Crippen LogP contribution in [0.15, 0.2) is 24.3 Å². The average Bonchev–Trinajstić information content (AvgIpc) is 2.87. The predicted molar refractivity (Wildman–Crippen MR) is 82.8 cm³/mol. The number of amides is 1. The first kappa shape index (κ1) is 14.8. The molecular formula is C15H20N2O2S. The number of nitrogens with two attached hydrogens (primary N) is 1. The van der Waals surface area contributed by atoms with Crippen LogP contribution in [0.1, 0.15) is 24.8 Å². The highest BCUT2D eigenvalue weighted by atomic mass is 32.1. The molecule has 1 fully saturated rings. The highest BCUT2D eigenvalue weighted by molar-refractivity contribution is 7.80. The van der Waals surface area contributed by atoms with E-state index in [1.165, 1.54) is 0 Å². The molecule has 1 aromatic carbocycles. The van der Waals surface area contributed by atoms with Crippen molar-refractivity contribution in [2.45, 2.75) is 31.7 Å². The Morgan fingerprint density at radius 2 is 2.10 bits per heavy atom. The van der Waals surface area contributed by atoms with Crippen LogP contribution in [0.3, 0.4) is 0 Å². The summed E-state index contributed by atoms with van der Waals surface area (Å²) in [5.74, 6) is 0.951. The molecule has 3 N–H and O–H groups in total. The molecular weight excluding hydrogens is 272 g/mol. The van der Waals surface area contributed by atoms with Crippen LogP contribution < -0.4 is 15.8 Å². The van der Waals surface area contributed by atoms with Crippen LogP contribution in [0.4, 0.5) is 0 Å². The normalized spacial score (nSPS) is 21.4. The lowest BCUT2D eigenvalue weighted by atomic mass is 10.0. The highest BCUT2D eigenvalue weighted by Crippen LogP contribution is 2.26. The lowest BCUT2D eigenvalue weighted by Gasteiger charge is -2.19. The van der Waals surface area contributed by atoms with Crippen LogP contribution in [0.5, 0.6) is 5.75 Å². The highest BCUT2D eigenvalue weighted by Gasteiger charge is 2.30. The summed E-state index contributed by atoms with van der Waals surface area (Å²) in [6.45, 7) is 0. The van der Waals surface area contributed by atoms with Gasteiger partial charge in [-0.1, -0.05) is 30.8 Å². The van der Waals surface area contributed by atoms with Crippen molar-refractivity contribution in [2.75, 3.05) is 7.11 Å². The van der Waals surface area contributed by atoms with E-state index in [0.29, 0.717) is 11.4 Å². The van der Waals surface area contributed by atoms with Crippen molar-refractivity contribution in [1.82, 2.24) is 5.32 Å². The first-order valence-corrected chi connectivity index (χ1v) is 7.22. The van der Waals surface area contributed by atoms with Crippen LogP contribution in [0.25, 0.3) is 0 Å². The largest absolute Gasteiger partial charge is 0.497 e. The first-order chi connectivity index (χ1) is 9.60. The van der Waals surface area contributed by atoms with E-state index in [1.807, 2.05) is 24.3 Å². The number of hydrogen-bond acceptors (Lipinski definition) is 3. The van der Waals surface area contributed by atoms with Gasteiger partial charge in [-0.15, -0.1) is 0 Å². The topological polar surface area (TPSA) is 64.3 Å². The minimum absolute atomic E-state index is 0.0170. The molecule has 5 heteroatoms. The Hall–Kier alpha value is -1.62. The van der Waals surface area contributed by atoms with Crippen molar-refractivity contribution in [3.8, 4) is 5.75 Å². The fourth-order valence-corrected chi connectivity index (χ4v) is 2.94. The molecule has 4 nitrogen and oxygen atoms in total. The zero-order chi connectivity index (χ0) is 14.5. The molecule has 0 spiro atoms. The second-order valence-electron chi connectivity index (χ2n) is 5.14. The molecule has 20 heavy (non-hydrogen) atoms. The summed E-state index contributed by atoms with van der Waals surface area (Å²) in [5.41, 5.74) is 6.68. The number of rotatable bonds is 5. The number of hydrogen-bond donors (Lipinski definition) is 2. The first-order valence-electron chi connectivity index (χ1n) is 6.81. The molecule has 2 atom stereocenters. The Balaban J connectivity index is 1.90. The fourth-order valence-electron chi connectivity index (χ4n) is 2.66. The third-order valence-corrected chi connectivity index (χ3v) is 4.05. The van der Waals surface area contributed by atoms with Gasteiger partial charge < -0.3 is 15.8 Å². The molecule has 0 bridgehead atoms. The monoisotopic (exact) mass is 292 g/mol. The molecule has 1 aromatic rings. The van der Waals surface area contributed by atoms with E-state index >= 15 is 0 Å². The Labute approximate surface area is 124 Å². The van der Waals surface area contributed by atoms with E-state index in [-0.39, 0.29) is 17.9 Å². The van der Waals surface area contributed by atoms with Crippen LogP contribution in [-0.2, 0) is 11.2 Å². The number of methoxy groups -OCH3 is 1.